The van der Waals surface area contributed by atoms with Crippen LogP contribution in [0.2, 0.25) is 0 Å². The lowest BCUT2D eigenvalue weighted by atomic mass is 10.0. The summed E-state index contributed by atoms with van der Waals surface area (Å²) in [5.41, 5.74) is 1.41. The second-order valence-corrected chi connectivity index (χ2v) is 8.60. The number of nitrogens with zero attached hydrogens (tertiary/aromatic N) is 1. The zero-order valence-electron chi connectivity index (χ0n) is 19.4. The van der Waals surface area contributed by atoms with Crippen molar-refractivity contribution in [3.8, 4) is 5.75 Å². The highest BCUT2D eigenvalue weighted by atomic mass is 16.5. The second kappa shape index (κ2) is 16.9. The molecule has 1 heterocycles. The Hall–Kier alpha value is -1.83. The van der Waals surface area contributed by atoms with Crippen LogP contribution in [0.25, 0.3) is 0 Å². The van der Waals surface area contributed by atoms with Crippen LogP contribution < -0.4 is 9.30 Å². The van der Waals surface area contributed by atoms with Crippen LogP contribution in [0.1, 0.15) is 96.0 Å². The topological polar surface area (TPSA) is 13.1 Å². The minimum absolute atomic E-state index is 0.705. The van der Waals surface area contributed by atoms with Gasteiger partial charge in [0, 0.05) is 12.1 Å². The first-order valence-corrected chi connectivity index (χ1v) is 12.5. The fraction of sp³-hybridized carbons (Fsp3) is 0.607. The molecule has 0 aliphatic rings. The number of aromatic nitrogens is 1. The molecule has 0 atom stereocenters. The van der Waals surface area contributed by atoms with Crippen LogP contribution in [0, 0.1) is 0 Å². The van der Waals surface area contributed by atoms with Gasteiger partial charge in [-0.1, -0.05) is 102 Å². The lowest BCUT2D eigenvalue weighted by Gasteiger charge is -2.07. The molecular weight excluding hydrogens is 366 g/mol. The summed E-state index contributed by atoms with van der Waals surface area (Å²) in [5.74, 6) is 0.999. The van der Waals surface area contributed by atoms with E-state index in [0.717, 1.165) is 12.3 Å². The van der Waals surface area contributed by atoms with Gasteiger partial charge < -0.3 is 4.74 Å². The molecule has 2 aromatic rings. The zero-order chi connectivity index (χ0) is 21.1. The van der Waals surface area contributed by atoms with Crippen LogP contribution in [0.15, 0.2) is 54.9 Å². The number of benzene rings is 1. The average molecular weight is 411 g/mol. The molecule has 0 saturated heterocycles. The van der Waals surface area contributed by atoms with Gasteiger partial charge in [0.25, 0.3) is 0 Å². The van der Waals surface area contributed by atoms with Crippen molar-refractivity contribution >= 4 is 0 Å². The monoisotopic (exact) mass is 410 g/mol. The predicted octanol–water partition coefficient (Wildman–Crippen LogP) is 7.69. The molecule has 0 spiro atoms. The Morgan fingerprint density at radius 1 is 0.667 bits per heavy atom. The van der Waals surface area contributed by atoms with Crippen molar-refractivity contribution in [3.05, 3.63) is 60.4 Å². The van der Waals surface area contributed by atoms with E-state index in [-0.39, 0.29) is 0 Å². The Morgan fingerprint density at radius 3 is 1.90 bits per heavy atom. The van der Waals surface area contributed by atoms with Crippen molar-refractivity contribution in [3.63, 3.8) is 0 Å². The van der Waals surface area contributed by atoms with Gasteiger partial charge in [0.15, 0.2) is 18.9 Å². The minimum atomic E-state index is 0.705. The largest absolute Gasteiger partial charge is 0.487 e. The summed E-state index contributed by atoms with van der Waals surface area (Å²) < 4.78 is 8.10. The third-order valence-corrected chi connectivity index (χ3v) is 5.86. The number of aryl methyl sites for hydroxylation is 1. The molecule has 0 amide bonds. The highest BCUT2D eigenvalue weighted by Gasteiger charge is 2.01. The number of ether oxygens (including phenoxy) is 1. The number of pyridine rings is 1. The lowest BCUT2D eigenvalue weighted by molar-refractivity contribution is -0.697. The number of hydrogen-bond acceptors (Lipinski definition) is 1. The highest BCUT2D eigenvalue weighted by molar-refractivity contribution is 5.28. The molecule has 0 unspecified atom stereocenters. The summed E-state index contributed by atoms with van der Waals surface area (Å²) in [7, 11) is 0. The fourth-order valence-electron chi connectivity index (χ4n) is 3.99. The third kappa shape index (κ3) is 12.0. The summed E-state index contributed by atoms with van der Waals surface area (Å²) in [6.45, 7) is 3.87. The Morgan fingerprint density at radius 2 is 1.27 bits per heavy atom. The molecule has 0 N–H and O–H groups in total. The fourth-order valence-corrected chi connectivity index (χ4v) is 3.99. The van der Waals surface area contributed by atoms with E-state index in [0.29, 0.717) is 6.61 Å². The van der Waals surface area contributed by atoms with Crippen LogP contribution >= 0.6 is 0 Å². The predicted molar refractivity (Wildman–Crippen MR) is 128 cm³/mol. The van der Waals surface area contributed by atoms with Crippen molar-refractivity contribution in [1.82, 2.24) is 0 Å². The maximum absolute atomic E-state index is 5.95. The molecule has 0 aliphatic heterocycles. The van der Waals surface area contributed by atoms with Crippen LogP contribution in [-0.4, -0.2) is 6.61 Å². The highest BCUT2D eigenvalue weighted by Crippen LogP contribution is 2.17. The third-order valence-electron chi connectivity index (χ3n) is 5.86. The molecule has 2 heteroatoms. The second-order valence-electron chi connectivity index (χ2n) is 8.60. The average Bonchev–Trinajstić information content (AvgIpc) is 2.78. The number of hydrogen-bond donors (Lipinski definition) is 0. The van der Waals surface area contributed by atoms with Crippen molar-refractivity contribution in [1.29, 1.82) is 0 Å². The van der Waals surface area contributed by atoms with Gasteiger partial charge in [0.1, 0.15) is 12.4 Å². The first-order valence-electron chi connectivity index (χ1n) is 12.5. The molecule has 0 aliphatic carbocycles. The van der Waals surface area contributed by atoms with Gasteiger partial charge in [-0.25, -0.2) is 4.57 Å². The molecule has 0 saturated carbocycles. The first-order chi connectivity index (χ1) is 14.9. The Kier molecular flexibility index (Phi) is 13.8. The summed E-state index contributed by atoms with van der Waals surface area (Å²) in [6, 6.07) is 14.8. The summed E-state index contributed by atoms with van der Waals surface area (Å²) in [4.78, 5) is 0. The van der Waals surface area contributed by atoms with Gasteiger partial charge >= 0.3 is 0 Å². The summed E-state index contributed by atoms with van der Waals surface area (Å²) >= 11 is 0. The lowest BCUT2D eigenvalue weighted by Crippen LogP contribution is -2.35. The van der Waals surface area contributed by atoms with Crippen molar-refractivity contribution in [2.45, 2.75) is 103 Å². The van der Waals surface area contributed by atoms with Crippen molar-refractivity contribution in [2.75, 3.05) is 6.61 Å². The maximum Gasteiger partial charge on any atom is 0.182 e. The van der Waals surface area contributed by atoms with E-state index >= 15 is 0 Å². The van der Waals surface area contributed by atoms with E-state index in [1.54, 1.807) is 0 Å². The van der Waals surface area contributed by atoms with E-state index in [1.807, 2.05) is 6.07 Å². The summed E-state index contributed by atoms with van der Waals surface area (Å²) in [6.07, 6.45) is 23.7. The zero-order valence-corrected chi connectivity index (χ0v) is 19.4. The molecule has 0 radical (unpaired) electrons. The van der Waals surface area contributed by atoms with Gasteiger partial charge in [0.2, 0.25) is 0 Å². The van der Waals surface area contributed by atoms with Gasteiger partial charge in [0.05, 0.1) is 0 Å². The molecule has 1 aromatic heterocycles. The van der Waals surface area contributed by atoms with Crippen LogP contribution in [0.3, 0.4) is 0 Å². The van der Waals surface area contributed by atoms with E-state index in [4.69, 9.17) is 4.74 Å². The van der Waals surface area contributed by atoms with Gasteiger partial charge in [-0.3, -0.25) is 0 Å². The van der Waals surface area contributed by atoms with E-state index in [1.165, 1.54) is 95.5 Å². The Bertz CT molecular complexity index is 640. The Labute approximate surface area is 185 Å². The van der Waals surface area contributed by atoms with Gasteiger partial charge in [-0.2, -0.15) is 0 Å². The smallest absolute Gasteiger partial charge is 0.182 e. The van der Waals surface area contributed by atoms with Crippen molar-refractivity contribution in [2.24, 2.45) is 0 Å². The minimum Gasteiger partial charge on any atom is -0.487 e. The number of rotatable bonds is 18. The Balaban J connectivity index is 1.45. The van der Waals surface area contributed by atoms with Gasteiger partial charge in [-0.05, 0) is 30.5 Å². The summed E-state index contributed by atoms with van der Waals surface area (Å²) in [5, 5.41) is 0. The SMILES string of the molecule is CCCCCCCCCCCCCCCc1cccc(OCC[n+]2ccccc2)c1. The molecule has 0 bridgehead atoms. The molecule has 1 aromatic carbocycles. The van der Waals surface area contributed by atoms with Gasteiger partial charge in [-0.15, -0.1) is 0 Å². The van der Waals surface area contributed by atoms with E-state index < -0.39 is 0 Å². The van der Waals surface area contributed by atoms with E-state index in [2.05, 4.69) is 60.3 Å². The van der Waals surface area contributed by atoms with Crippen LogP contribution in [0.5, 0.6) is 5.75 Å². The molecule has 2 nitrogen and oxygen atoms in total. The van der Waals surface area contributed by atoms with Crippen LogP contribution in [-0.2, 0) is 13.0 Å². The molecule has 30 heavy (non-hydrogen) atoms. The quantitative estimate of drug-likeness (QED) is 0.181. The maximum atomic E-state index is 5.95. The van der Waals surface area contributed by atoms with Crippen LogP contribution in [0.4, 0.5) is 0 Å². The molecule has 166 valence electrons. The standard InChI is InChI=1S/C28H44NO/c1-2-3-4-5-6-7-8-9-10-11-12-13-15-19-27-20-18-21-28(26-27)30-25-24-29-22-16-14-17-23-29/h14,16-18,20-23,26H,2-13,15,19,24-25H2,1H3/q+1. The van der Waals surface area contributed by atoms with Crippen molar-refractivity contribution < 1.29 is 9.30 Å². The molecule has 2 rings (SSSR count). The molecule has 0 fully saturated rings. The molecular formula is C28H44NO+. The first kappa shape index (κ1) is 24.4. The normalized spacial score (nSPS) is 11.0. The van der Waals surface area contributed by atoms with E-state index in [9.17, 15) is 0 Å². The number of unbranched alkanes of at least 4 members (excludes halogenated alkanes) is 12.